The van der Waals surface area contributed by atoms with Crippen LogP contribution in [0.5, 0.6) is 0 Å². The minimum atomic E-state index is -4.49. The summed E-state index contributed by atoms with van der Waals surface area (Å²) in [4.78, 5) is 24.8. The highest BCUT2D eigenvalue weighted by Crippen LogP contribution is 2.32. The zero-order valence-corrected chi connectivity index (χ0v) is 22.1. The van der Waals surface area contributed by atoms with Gasteiger partial charge in [-0.1, -0.05) is 72.8 Å². The minimum Gasteiger partial charge on any atom is -0.348 e. The Morgan fingerprint density at radius 1 is 0.805 bits per heavy atom. The fourth-order valence-electron chi connectivity index (χ4n) is 5.22. The first-order valence-electron chi connectivity index (χ1n) is 13.5. The van der Waals surface area contributed by atoms with E-state index in [1.807, 2.05) is 54.6 Å². The number of benzene rings is 4. The maximum atomic E-state index is 13.0. The third-order valence-corrected chi connectivity index (χ3v) is 7.31. The number of hydrogen-bond acceptors (Lipinski definition) is 4. The summed E-state index contributed by atoms with van der Waals surface area (Å²) >= 11 is 0. The summed E-state index contributed by atoms with van der Waals surface area (Å²) in [6.07, 6.45) is -3.75. The van der Waals surface area contributed by atoms with Gasteiger partial charge in [0.25, 0.3) is 5.91 Å². The van der Waals surface area contributed by atoms with Crippen LogP contribution in [0.2, 0.25) is 0 Å². The number of nitrogens with one attached hydrogen (secondary N) is 1. The van der Waals surface area contributed by atoms with Gasteiger partial charge < -0.3 is 5.32 Å². The second-order valence-electron chi connectivity index (χ2n) is 10.2. The van der Waals surface area contributed by atoms with E-state index in [1.54, 1.807) is 0 Å². The molecule has 0 bridgehead atoms. The molecule has 0 radical (unpaired) electrons. The molecular formula is C33H27F3N4O. The summed E-state index contributed by atoms with van der Waals surface area (Å²) in [5.41, 5.74) is 5.60. The average molecular weight is 553 g/mol. The molecule has 5 aromatic rings. The van der Waals surface area contributed by atoms with E-state index in [0.29, 0.717) is 13.1 Å². The molecule has 1 aliphatic heterocycles. The van der Waals surface area contributed by atoms with Crippen molar-refractivity contribution < 1.29 is 18.0 Å². The second kappa shape index (κ2) is 11.1. The number of fused-ring (bicyclic) bond motifs is 1. The molecule has 1 unspecified atom stereocenters. The van der Waals surface area contributed by atoms with Crippen LogP contribution in [0.3, 0.4) is 0 Å². The third kappa shape index (κ3) is 5.98. The number of rotatable bonds is 6. The number of likely N-dealkylation sites (tertiary alicyclic amines) is 1. The maximum absolute atomic E-state index is 13.0. The topological polar surface area (TPSA) is 58.1 Å². The number of halogens is 3. The van der Waals surface area contributed by atoms with Gasteiger partial charge in [-0.15, -0.1) is 0 Å². The van der Waals surface area contributed by atoms with Gasteiger partial charge in [0.1, 0.15) is 0 Å². The Bertz CT molecular complexity index is 1690. The number of amides is 1. The van der Waals surface area contributed by atoms with Crippen molar-refractivity contribution in [3.8, 4) is 22.5 Å². The molecule has 206 valence electrons. The fourth-order valence-corrected chi connectivity index (χ4v) is 5.22. The highest BCUT2D eigenvalue weighted by molar-refractivity contribution is 5.94. The zero-order chi connectivity index (χ0) is 28.4. The molecule has 0 aliphatic carbocycles. The summed E-state index contributed by atoms with van der Waals surface area (Å²) in [7, 11) is 0. The molecule has 0 saturated carbocycles. The number of para-hydroxylation sites is 2. The van der Waals surface area contributed by atoms with E-state index in [1.165, 1.54) is 12.1 Å². The molecule has 1 aliphatic rings. The molecule has 5 nitrogen and oxygen atoms in total. The molecule has 41 heavy (non-hydrogen) atoms. The van der Waals surface area contributed by atoms with Crippen molar-refractivity contribution in [2.24, 2.45) is 0 Å². The van der Waals surface area contributed by atoms with Crippen LogP contribution in [0.15, 0.2) is 103 Å². The van der Waals surface area contributed by atoms with Gasteiger partial charge in [-0.3, -0.25) is 9.69 Å². The van der Waals surface area contributed by atoms with Gasteiger partial charge in [-0.05, 0) is 42.3 Å². The zero-order valence-electron chi connectivity index (χ0n) is 22.1. The Labute approximate surface area is 235 Å². The first kappa shape index (κ1) is 26.7. The van der Waals surface area contributed by atoms with Gasteiger partial charge in [0.05, 0.1) is 28.0 Å². The molecule has 1 atom stereocenters. The summed E-state index contributed by atoms with van der Waals surface area (Å²) in [6.45, 7) is 2.11. The number of hydrogen-bond donors (Lipinski definition) is 1. The monoisotopic (exact) mass is 552 g/mol. The van der Waals surface area contributed by atoms with Gasteiger partial charge in [0.2, 0.25) is 0 Å². The predicted octanol–water partition coefficient (Wildman–Crippen LogP) is 6.99. The number of aromatic nitrogens is 2. The molecule has 4 aromatic carbocycles. The minimum absolute atomic E-state index is 0.0144. The lowest BCUT2D eigenvalue weighted by molar-refractivity contribution is -0.137. The number of nitrogens with zero attached hydrogens (tertiary/aromatic N) is 3. The van der Waals surface area contributed by atoms with Crippen LogP contribution in [0.1, 0.15) is 27.9 Å². The molecule has 2 heterocycles. The van der Waals surface area contributed by atoms with Crippen LogP contribution < -0.4 is 5.32 Å². The molecule has 1 N–H and O–H groups in total. The van der Waals surface area contributed by atoms with Gasteiger partial charge in [-0.25, -0.2) is 9.97 Å². The van der Waals surface area contributed by atoms with Crippen molar-refractivity contribution in [1.82, 2.24) is 20.2 Å². The van der Waals surface area contributed by atoms with E-state index in [2.05, 4.69) is 34.5 Å². The van der Waals surface area contributed by atoms with Crippen LogP contribution in [-0.4, -0.2) is 39.9 Å². The molecule has 6 rings (SSSR count). The van der Waals surface area contributed by atoms with Crippen molar-refractivity contribution in [2.45, 2.75) is 25.2 Å². The molecular weight excluding hydrogens is 525 g/mol. The Morgan fingerprint density at radius 3 is 2.10 bits per heavy atom. The van der Waals surface area contributed by atoms with Crippen molar-refractivity contribution in [3.63, 3.8) is 0 Å². The normalized spacial score (nSPS) is 15.7. The smallest absolute Gasteiger partial charge is 0.348 e. The summed E-state index contributed by atoms with van der Waals surface area (Å²) in [5.74, 6) is -0.488. The second-order valence-corrected chi connectivity index (χ2v) is 10.2. The van der Waals surface area contributed by atoms with Crippen LogP contribution in [0, 0.1) is 0 Å². The van der Waals surface area contributed by atoms with E-state index >= 15 is 0 Å². The highest BCUT2D eigenvalue weighted by Gasteiger charge is 2.31. The van der Waals surface area contributed by atoms with Gasteiger partial charge in [0.15, 0.2) is 0 Å². The molecule has 8 heteroatoms. The van der Waals surface area contributed by atoms with E-state index < -0.39 is 17.6 Å². The van der Waals surface area contributed by atoms with Crippen molar-refractivity contribution in [2.75, 3.05) is 13.1 Å². The van der Waals surface area contributed by atoms with Gasteiger partial charge in [-0.2, -0.15) is 13.2 Å². The summed E-state index contributed by atoms with van der Waals surface area (Å²) < 4.78 is 39.1. The number of alkyl halides is 3. The Balaban J connectivity index is 1.14. The van der Waals surface area contributed by atoms with Gasteiger partial charge in [0, 0.05) is 42.4 Å². The largest absolute Gasteiger partial charge is 0.416 e. The lowest BCUT2D eigenvalue weighted by atomic mass is 10.0. The molecule has 1 saturated heterocycles. The van der Waals surface area contributed by atoms with E-state index in [4.69, 9.17) is 9.97 Å². The van der Waals surface area contributed by atoms with Crippen molar-refractivity contribution in [3.05, 3.63) is 120 Å². The number of carbonyl (C=O) groups is 1. The standard InChI is InChI=1S/C33H27F3N4O/c34-33(35,36)26-10-6-9-25(19-26)32(41)37-27-17-18-40(21-27)20-22-13-15-24(16-14-22)31-30(23-7-2-1-3-8-23)38-28-11-4-5-12-29(28)39-31/h1-16,19,27H,17-18,20-21H2,(H,37,41). The molecule has 1 aromatic heterocycles. The Kier molecular flexibility index (Phi) is 7.24. The lowest BCUT2D eigenvalue weighted by Gasteiger charge is -2.17. The average Bonchev–Trinajstić information content (AvgIpc) is 3.43. The maximum Gasteiger partial charge on any atom is 0.416 e. The predicted molar refractivity (Wildman–Crippen MR) is 153 cm³/mol. The first-order chi connectivity index (χ1) is 19.8. The lowest BCUT2D eigenvalue weighted by Crippen LogP contribution is -2.37. The third-order valence-electron chi connectivity index (χ3n) is 7.31. The molecule has 1 amide bonds. The van der Waals surface area contributed by atoms with Crippen LogP contribution in [-0.2, 0) is 12.7 Å². The molecule has 0 spiro atoms. The highest BCUT2D eigenvalue weighted by atomic mass is 19.4. The van der Waals surface area contributed by atoms with E-state index in [9.17, 15) is 18.0 Å². The van der Waals surface area contributed by atoms with Crippen molar-refractivity contribution in [1.29, 1.82) is 0 Å². The number of carbonyl (C=O) groups excluding carboxylic acids is 1. The Morgan fingerprint density at radius 2 is 1.44 bits per heavy atom. The first-order valence-corrected chi connectivity index (χ1v) is 13.5. The summed E-state index contributed by atoms with van der Waals surface area (Å²) in [6, 6.07) is 30.5. The van der Waals surface area contributed by atoms with Crippen LogP contribution in [0.25, 0.3) is 33.5 Å². The van der Waals surface area contributed by atoms with Gasteiger partial charge >= 0.3 is 6.18 Å². The van der Waals surface area contributed by atoms with Crippen LogP contribution >= 0.6 is 0 Å². The molecule has 1 fully saturated rings. The van der Waals surface area contributed by atoms with Crippen molar-refractivity contribution >= 4 is 16.9 Å². The fraction of sp³-hybridized carbons (Fsp3) is 0.182. The summed E-state index contributed by atoms with van der Waals surface area (Å²) in [5, 5.41) is 2.89. The Hall–Kier alpha value is -4.56. The van der Waals surface area contributed by atoms with E-state index in [0.717, 1.165) is 64.2 Å². The quantitative estimate of drug-likeness (QED) is 0.247. The SMILES string of the molecule is O=C(NC1CCN(Cc2ccc(-c3nc4ccccc4nc3-c3ccccc3)cc2)C1)c1cccc(C(F)(F)F)c1. The van der Waals surface area contributed by atoms with Crippen LogP contribution in [0.4, 0.5) is 13.2 Å². The van der Waals surface area contributed by atoms with E-state index in [-0.39, 0.29) is 11.6 Å².